The molecule has 0 bridgehead atoms. The lowest BCUT2D eigenvalue weighted by Gasteiger charge is -2.27. The zero-order valence-corrected chi connectivity index (χ0v) is 12.9. The molecule has 1 aliphatic carbocycles. The lowest BCUT2D eigenvalue weighted by Crippen LogP contribution is -2.37. The van der Waals surface area contributed by atoms with E-state index in [0.29, 0.717) is 30.9 Å². The molecule has 0 radical (unpaired) electrons. The Bertz CT molecular complexity index is 423. The fourth-order valence-electron chi connectivity index (χ4n) is 2.27. The van der Waals surface area contributed by atoms with E-state index in [1.54, 1.807) is 7.11 Å². The average Bonchev–Trinajstić information content (AvgIpc) is 3.11. The molecule has 1 fully saturated rings. The zero-order valence-electron chi connectivity index (χ0n) is 12.9. The van der Waals surface area contributed by atoms with Crippen LogP contribution >= 0.6 is 0 Å². The Labute approximate surface area is 120 Å². The molecule has 1 aromatic heterocycles. The molecule has 6 nitrogen and oxygen atoms in total. The standard InChI is InChI=1S/C14H26N4O2/c1-10(11-5-6-11)18(7-8-19-4)9-12-16-13(17-20-12)14(2,3)15/h10-11H,5-9,15H2,1-4H3. The largest absolute Gasteiger partial charge is 0.383 e. The predicted molar refractivity (Wildman–Crippen MR) is 76.0 cm³/mol. The van der Waals surface area contributed by atoms with Gasteiger partial charge in [-0.05, 0) is 39.5 Å². The van der Waals surface area contributed by atoms with Gasteiger partial charge in [-0.15, -0.1) is 0 Å². The van der Waals surface area contributed by atoms with Crippen molar-refractivity contribution in [3.05, 3.63) is 11.7 Å². The van der Waals surface area contributed by atoms with Gasteiger partial charge in [-0.1, -0.05) is 5.16 Å². The number of ether oxygens (including phenoxy) is 1. The second-order valence-electron chi connectivity index (χ2n) is 6.27. The average molecular weight is 282 g/mol. The van der Waals surface area contributed by atoms with E-state index >= 15 is 0 Å². The highest BCUT2D eigenvalue weighted by Gasteiger charge is 2.32. The van der Waals surface area contributed by atoms with Gasteiger partial charge < -0.3 is 15.0 Å². The van der Waals surface area contributed by atoms with Crippen molar-refractivity contribution in [2.24, 2.45) is 11.7 Å². The van der Waals surface area contributed by atoms with Gasteiger partial charge in [0.15, 0.2) is 5.82 Å². The molecule has 0 saturated heterocycles. The molecule has 2 rings (SSSR count). The summed E-state index contributed by atoms with van der Waals surface area (Å²) in [7, 11) is 1.72. The SMILES string of the molecule is COCCN(Cc1nc(C(C)(C)N)no1)C(C)C1CC1. The molecule has 1 atom stereocenters. The maximum atomic E-state index is 5.98. The van der Waals surface area contributed by atoms with E-state index in [-0.39, 0.29) is 0 Å². The molecular formula is C14H26N4O2. The molecule has 1 heterocycles. The van der Waals surface area contributed by atoms with E-state index in [9.17, 15) is 0 Å². The van der Waals surface area contributed by atoms with Gasteiger partial charge >= 0.3 is 0 Å². The second kappa shape index (κ2) is 6.20. The van der Waals surface area contributed by atoms with Crippen LogP contribution in [0, 0.1) is 5.92 Å². The topological polar surface area (TPSA) is 77.4 Å². The van der Waals surface area contributed by atoms with Crippen LogP contribution in [0.5, 0.6) is 0 Å². The molecule has 0 spiro atoms. The summed E-state index contributed by atoms with van der Waals surface area (Å²) in [4.78, 5) is 6.76. The summed E-state index contributed by atoms with van der Waals surface area (Å²) in [6.45, 7) is 8.24. The Morgan fingerprint density at radius 2 is 2.20 bits per heavy atom. The molecule has 1 saturated carbocycles. The lowest BCUT2D eigenvalue weighted by molar-refractivity contribution is 0.102. The Morgan fingerprint density at radius 1 is 1.50 bits per heavy atom. The molecule has 0 aromatic carbocycles. The van der Waals surface area contributed by atoms with Crippen LogP contribution in [0.25, 0.3) is 0 Å². The van der Waals surface area contributed by atoms with Gasteiger partial charge in [0.1, 0.15) is 0 Å². The third-order valence-corrected chi connectivity index (χ3v) is 3.85. The van der Waals surface area contributed by atoms with Crippen molar-refractivity contribution in [3.8, 4) is 0 Å². The highest BCUT2D eigenvalue weighted by atomic mass is 16.5. The predicted octanol–water partition coefficient (Wildman–Crippen LogP) is 1.51. The van der Waals surface area contributed by atoms with Crippen LogP contribution in [0.2, 0.25) is 0 Å². The third-order valence-electron chi connectivity index (χ3n) is 3.85. The Morgan fingerprint density at radius 3 is 2.70 bits per heavy atom. The van der Waals surface area contributed by atoms with Gasteiger partial charge in [0.2, 0.25) is 5.89 Å². The van der Waals surface area contributed by atoms with Crippen LogP contribution in [0.15, 0.2) is 4.52 Å². The van der Waals surface area contributed by atoms with Crippen LogP contribution in [0.3, 0.4) is 0 Å². The van der Waals surface area contributed by atoms with Crippen molar-refractivity contribution in [2.45, 2.75) is 51.7 Å². The quantitative estimate of drug-likeness (QED) is 0.779. The fourth-order valence-corrected chi connectivity index (χ4v) is 2.27. The first-order chi connectivity index (χ1) is 9.41. The van der Waals surface area contributed by atoms with Crippen LogP contribution < -0.4 is 5.73 Å². The van der Waals surface area contributed by atoms with E-state index < -0.39 is 5.54 Å². The number of nitrogens with two attached hydrogens (primary N) is 1. The summed E-state index contributed by atoms with van der Waals surface area (Å²) in [5, 5.41) is 3.97. The minimum atomic E-state index is -0.568. The number of hydrogen-bond donors (Lipinski definition) is 1. The van der Waals surface area contributed by atoms with Crippen LogP contribution in [0.4, 0.5) is 0 Å². The van der Waals surface area contributed by atoms with Gasteiger partial charge in [-0.25, -0.2) is 0 Å². The molecule has 1 aromatic rings. The maximum Gasteiger partial charge on any atom is 0.240 e. The first kappa shape index (κ1) is 15.4. The normalized spacial score (nSPS) is 17.7. The highest BCUT2D eigenvalue weighted by molar-refractivity contribution is 4.99. The van der Waals surface area contributed by atoms with Crippen molar-refractivity contribution < 1.29 is 9.26 Å². The molecular weight excluding hydrogens is 256 g/mol. The molecule has 0 aliphatic heterocycles. The van der Waals surface area contributed by atoms with Gasteiger partial charge in [-0.2, -0.15) is 4.98 Å². The smallest absolute Gasteiger partial charge is 0.240 e. The van der Waals surface area contributed by atoms with E-state index in [1.165, 1.54) is 12.8 Å². The number of hydrogen-bond acceptors (Lipinski definition) is 6. The van der Waals surface area contributed by atoms with Crippen molar-refractivity contribution >= 4 is 0 Å². The Hall–Kier alpha value is -0.980. The number of aromatic nitrogens is 2. The molecule has 0 amide bonds. The summed E-state index contributed by atoms with van der Waals surface area (Å²) in [5.74, 6) is 1.97. The van der Waals surface area contributed by atoms with Gasteiger partial charge in [0.05, 0.1) is 18.7 Å². The molecule has 6 heteroatoms. The molecule has 114 valence electrons. The Kier molecular flexibility index (Phi) is 4.78. The summed E-state index contributed by atoms with van der Waals surface area (Å²) in [6, 6.07) is 0.520. The monoisotopic (exact) mass is 282 g/mol. The number of methoxy groups -OCH3 is 1. The van der Waals surface area contributed by atoms with E-state index in [2.05, 4.69) is 22.0 Å². The molecule has 20 heavy (non-hydrogen) atoms. The Balaban J connectivity index is 2.00. The van der Waals surface area contributed by atoms with Crippen molar-refractivity contribution in [1.82, 2.24) is 15.0 Å². The summed E-state index contributed by atoms with van der Waals surface area (Å²) < 4.78 is 10.5. The second-order valence-corrected chi connectivity index (χ2v) is 6.27. The van der Waals surface area contributed by atoms with Crippen LogP contribution in [-0.2, 0) is 16.8 Å². The molecule has 1 unspecified atom stereocenters. The fraction of sp³-hybridized carbons (Fsp3) is 0.857. The first-order valence-corrected chi connectivity index (χ1v) is 7.26. The third kappa shape index (κ3) is 4.01. The zero-order chi connectivity index (χ0) is 14.8. The maximum absolute atomic E-state index is 5.98. The minimum absolute atomic E-state index is 0.520. The minimum Gasteiger partial charge on any atom is -0.383 e. The summed E-state index contributed by atoms with van der Waals surface area (Å²) >= 11 is 0. The van der Waals surface area contributed by atoms with E-state index in [4.69, 9.17) is 15.0 Å². The van der Waals surface area contributed by atoms with Crippen LogP contribution in [0.1, 0.15) is 45.3 Å². The number of nitrogens with zero attached hydrogens (tertiary/aromatic N) is 3. The van der Waals surface area contributed by atoms with Crippen LogP contribution in [-0.4, -0.2) is 41.3 Å². The van der Waals surface area contributed by atoms with Crippen molar-refractivity contribution in [3.63, 3.8) is 0 Å². The van der Waals surface area contributed by atoms with Gasteiger partial charge in [-0.3, -0.25) is 4.90 Å². The summed E-state index contributed by atoms with van der Waals surface area (Å²) in [5.41, 5.74) is 5.41. The molecule has 2 N–H and O–H groups in total. The summed E-state index contributed by atoms with van der Waals surface area (Å²) in [6.07, 6.45) is 2.63. The molecule has 1 aliphatic rings. The van der Waals surface area contributed by atoms with Gasteiger partial charge in [0.25, 0.3) is 0 Å². The van der Waals surface area contributed by atoms with E-state index in [0.717, 1.165) is 12.5 Å². The van der Waals surface area contributed by atoms with Crippen molar-refractivity contribution in [1.29, 1.82) is 0 Å². The first-order valence-electron chi connectivity index (χ1n) is 7.26. The van der Waals surface area contributed by atoms with E-state index in [1.807, 2.05) is 13.8 Å². The lowest BCUT2D eigenvalue weighted by atomic mass is 10.1. The van der Waals surface area contributed by atoms with Crippen molar-refractivity contribution in [2.75, 3.05) is 20.3 Å². The van der Waals surface area contributed by atoms with Gasteiger partial charge in [0, 0.05) is 19.7 Å². The highest BCUT2D eigenvalue weighted by Crippen LogP contribution is 2.35. The number of rotatable bonds is 8.